The Morgan fingerprint density at radius 1 is 1.19 bits per heavy atom. The zero-order valence-corrected chi connectivity index (χ0v) is 13.1. The minimum absolute atomic E-state index is 0.276. The summed E-state index contributed by atoms with van der Waals surface area (Å²) < 4.78 is 19.6. The predicted molar refractivity (Wildman–Crippen MR) is 83.3 cm³/mol. The molecule has 5 heteroatoms. The summed E-state index contributed by atoms with van der Waals surface area (Å²) >= 11 is 3.47. The van der Waals surface area contributed by atoms with E-state index in [1.165, 1.54) is 17.7 Å². The van der Waals surface area contributed by atoms with Gasteiger partial charge in [-0.05, 0) is 42.9 Å². The summed E-state index contributed by atoms with van der Waals surface area (Å²) in [6, 6.07) is 12.6. The van der Waals surface area contributed by atoms with Crippen LogP contribution in [0.2, 0.25) is 0 Å². The van der Waals surface area contributed by atoms with Gasteiger partial charge in [-0.15, -0.1) is 0 Å². The summed E-state index contributed by atoms with van der Waals surface area (Å²) in [5.74, 6) is -0.276. The van der Waals surface area contributed by atoms with Crippen molar-refractivity contribution in [1.82, 2.24) is 10.1 Å². The lowest BCUT2D eigenvalue weighted by Crippen LogP contribution is -2.17. The van der Waals surface area contributed by atoms with Gasteiger partial charge in [0.2, 0.25) is 0 Å². The summed E-state index contributed by atoms with van der Waals surface area (Å²) in [5.41, 5.74) is 2.56. The molecule has 0 radical (unpaired) electrons. The fourth-order valence-corrected chi connectivity index (χ4v) is 2.78. The maximum Gasteiger partial charge on any atom is 0.167 e. The van der Waals surface area contributed by atoms with Gasteiger partial charge in [0.05, 0.1) is 0 Å². The Balaban J connectivity index is 1.77. The summed E-state index contributed by atoms with van der Waals surface area (Å²) in [6.45, 7) is 1.38. The molecule has 0 spiro atoms. The maximum absolute atomic E-state index is 13.3. The van der Waals surface area contributed by atoms with E-state index < -0.39 is 0 Å². The van der Waals surface area contributed by atoms with Gasteiger partial charge in [0.15, 0.2) is 5.58 Å². The normalized spacial score (nSPS) is 11.4. The Labute approximate surface area is 130 Å². The molecule has 0 amide bonds. The molecule has 0 unspecified atom stereocenters. The molecule has 0 saturated carbocycles. The second-order valence-corrected chi connectivity index (χ2v) is 5.99. The van der Waals surface area contributed by atoms with Crippen LogP contribution in [0.4, 0.5) is 4.39 Å². The van der Waals surface area contributed by atoms with Crippen LogP contribution in [0.5, 0.6) is 0 Å². The SMILES string of the molecule is CN(Cc1cccc(Br)c1)Cc1noc2ccc(F)cc12. The predicted octanol–water partition coefficient (Wildman–Crippen LogP) is 4.36. The van der Waals surface area contributed by atoms with E-state index in [4.69, 9.17) is 4.52 Å². The van der Waals surface area contributed by atoms with Crippen LogP contribution in [0.25, 0.3) is 11.0 Å². The van der Waals surface area contributed by atoms with Crippen molar-refractivity contribution in [3.8, 4) is 0 Å². The van der Waals surface area contributed by atoms with Crippen molar-refractivity contribution >= 4 is 26.9 Å². The van der Waals surface area contributed by atoms with Crippen LogP contribution < -0.4 is 0 Å². The van der Waals surface area contributed by atoms with Gasteiger partial charge >= 0.3 is 0 Å². The summed E-state index contributed by atoms with van der Waals surface area (Å²) in [4.78, 5) is 2.12. The first-order valence-corrected chi connectivity index (χ1v) is 7.38. The molecular weight excluding hydrogens is 335 g/mol. The number of hydrogen-bond acceptors (Lipinski definition) is 3. The number of halogens is 2. The average molecular weight is 349 g/mol. The molecule has 0 aliphatic rings. The van der Waals surface area contributed by atoms with Gasteiger partial charge in [0.25, 0.3) is 0 Å². The van der Waals surface area contributed by atoms with E-state index in [1.54, 1.807) is 6.07 Å². The number of aromatic nitrogens is 1. The highest BCUT2D eigenvalue weighted by molar-refractivity contribution is 9.10. The van der Waals surface area contributed by atoms with Crippen molar-refractivity contribution in [2.24, 2.45) is 0 Å². The van der Waals surface area contributed by atoms with Crippen LogP contribution in [0.1, 0.15) is 11.3 Å². The van der Waals surface area contributed by atoms with Crippen molar-refractivity contribution in [2.45, 2.75) is 13.1 Å². The maximum atomic E-state index is 13.3. The quantitative estimate of drug-likeness (QED) is 0.701. The van der Waals surface area contributed by atoms with Gasteiger partial charge in [0.1, 0.15) is 11.5 Å². The van der Waals surface area contributed by atoms with Crippen LogP contribution in [-0.4, -0.2) is 17.1 Å². The van der Waals surface area contributed by atoms with E-state index in [0.29, 0.717) is 12.1 Å². The van der Waals surface area contributed by atoms with Crippen molar-refractivity contribution < 1.29 is 8.91 Å². The minimum Gasteiger partial charge on any atom is -0.356 e. The Bertz CT molecular complexity index is 772. The van der Waals surface area contributed by atoms with E-state index in [-0.39, 0.29) is 5.82 Å². The molecule has 0 atom stereocenters. The van der Waals surface area contributed by atoms with Crippen LogP contribution in [0, 0.1) is 5.82 Å². The first-order chi connectivity index (χ1) is 10.1. The molecule has 3 rings (SSSR count). The highest BCUT2D eigenvalue weighted by atomic mass is 79.9. The van der Waals surface area contributed by atoms with Crippen LogP contribution in [-0.2, 0) is 13.1 Å². The fraction of sp³-hybridized carbons (Fsp3) is 0.188. The van der Waals surface area contributed by atoms with Crippen molar-refractivity contribution in [2.75, 3.05) is 7.05 Å². The van der Waals surface area contributed by atoms with E-state index in [1.807, 2.05) is 19.2 Å². The molecule has 1 heterocycles. The van der Waals surface area contributed by atoms with Crippen LogP contribution in [0.3, 0.4) is 0 Å². The van der Waals surface area contributed by atoms with Gasteiger partial charge in [0, 0.05) is 22.9 Å². The molecule has 0 aliphatic carbocycles. The Morgan fingerprint density at radius 3 is 2.86 bits per heavy atom. The third kappa shape index (κ3) is 3.31. The molecule has 1 aromatic heterocycles. The summed E-state index contributed by atoms with van der Waals surface area (Å²) in [6.07, 6.45) is 0. The smallest absolute Gasteiger partial charge is 0.167 e. The van der Waals surface area contributed by atoms with Gasteiger partial charge < -0.3 is 4.52 Å². The standard InChI is InChI=1S/C16H14BrFN2O/c1-20(9-11-3-2-4-12(17)7-11)10-15-14-8-13(18)5-6-16(14)21-19-15/h2-8H,9-10H2,1H3. The molecule has 0 fully saturated rings. The molecule has 21 heavy (non-hydrogen) atoms. The van der Waals surface area contributed by atoms with Crippen molar-refractivity contribution in [1.29, 1.82) is 0 Å². The molecule has 0 N–H and O–H groups in total. The highest BCUT2D eigenvalue weighted by Crippen LogP contribution is 2.21. The number of fused-ring (bicyclic) bond motifs is 1. The number of nitrogens with zero attached hydrogens (tertiary/aromatic N) is 2. The highest BCUT2D eigenvalue weighted by Gasteiger charge is 2.11. The number of benzene rings is 2. The van der Waals surface area contributed by atoms with Gasteiger partial charge in [-0.25, -0.2) is 4.39 Å². The minimum atomic E-state index is -0.276. The zero-order chi connectivity index (χ0) is 14.8. The molecule has 0 saturated heterocycles. The topological polar surface area (TPSA) is 29.3 Å². The molecule has 0 bridgehead atoms. The molecular formula is C16H14BrFN2O. The lowest BCUT2D eigenvalue weighted by molar-refractivity contribution is 0.306. The zero-order valence-electron chi connectivity index (χ0n) is 11.5. The van der Waals surface area contributed by atoms with Crippen LogP contribution >= 0.6 is 15.9 Å². The lowest BCUT2D eigenvalue weighted by atomic mass is 10.2. The molecule has 3 aromatic rings. The lowest BCUT2D eigenvalue weighted by Gasteiger charge is -2.15. The largest absolute Gasteiger partial charge is 0.356 e. The van der Waals surface area contributed by atoms with E-state index in [9.17, 15) is 4.39 Å². The second-order valence-electron chi connectivity index (χ2n) is 5.07. The third-order valence-corrected chi connectivity index (χ3v) is 3.76. The van der Waals surface area contributed by atoms with Crippen LogP contribution in [0.15, 0.2) is 51.5 Å². The van der Waals surface area contributed by atoms with E-state index >= 15 is 0 Å². The third-order valence-electron chi connectivity index (χ3n) is 3.27. The van der Waals surface area contributed by atoms with Crippen molar-refractivity contribution in [3.05, 3.63) is 64.0 Å². The van der Waals surface area contributed by atoms with Gasteiger partial charge in [-0.2, -0.15) is 0 Å². The number of rotatable bonds is 4. The van der Waals surface area contributed by atoms with Gasteiger partial charge in [-0.3, -0.25) is 4.90 Å². The summed E-state index contributed by atoms with van der Waals surface area (Å²) in [5, 5.41) is 4.78. The van der Waals surface area contributed by atoms with E-state index in [0.717, 1.165) is 22.1 Å². The molecule has 3 nitrogen and oxygen atoms in total. The Hall–Kier alpha value is -1.72. The fourth-order valence-electron chi connectivity index (χ4n) is 2.33. The van der Waals surface area contributed by atoms with E-state index in [2.05, 4.69) is 38.1 Å². The molecule has 2 aromatic carbocycles. The monoisotopic (exact) mass is 348 g/mol. The first-order valence-electron chi connectivity index (χ1n) is 6.58. The van der Waals surface area contributed by atoms with Crippen molar-refractivity contribution in [3.63, 3.8) is 0 Å². The second kappa shape index (κ2) is 5.95. The Morgan fingerprint density at radius 2 is 2.05 bits per heavy atom. The molecule has 0 aliphatic heterocycles. The van der Waals surface area contributed by atoms with Gasteiger partial charge in [-0.1, -0.05) is 33.2 Å². The first kappa shape index (κ1) is 14.2. The average Bonchev–Trinajstić information content (AvgIpc) is 2.81. The Kier molecular flexibility index (Phi) is 4.03. The summed E-state index contributed by atoms with van der Waals surface area (Å²) in [7, 11) is 2.00. The number of hydrogen-bond donors (Lipinski definition) is 0. The molecule has 108 valence electrons.